The van der Waals surface area contributed by atoms with E-state index in [1.165, 1.54) is 5.01 Å². The maximum absolute atomic E-state index is 12.5. The average Bonchev–Trinajstić information content (AvgIpc) is 2.97. The van der Waals surface area contributed by atoms with Gasteiger partial charge in [-0.1, -0.05) is 17.7 Å². The Morgan fingerprint density at radius 2 is 2.19 bits per heavy atom. The minimum atomic E-state index is -0.140. The molecular formula is C15H10BrClN2OS. The van der Waals surface area contributed by atoms with E-state index in [4.69, 9.17) is 11.6 Å². The Bertz CT molecular complexity index is 781. The lowest BCUT2D eigenvalue weighted by Gasteiger charge is -2.11. The highest BCUT2D eigenvalue weighted by Gasteiger charge is 2.28. The molecule has 2 heterocycles. The minimum absolute atomic E-state index is 0.140. The van der Waals surface area contributed by atoms with Crippen LogP contribution in [0.4, 0.5) is 5.69 Å². The van der Waals surface area contributed by atoms with Gasteiger partial charge in [-0.05, 0) is 53.2 Å². The molecule has 0 aliphatic carbocycles. The molecule has 0 bridgehead atoms. The summed E-state index contributed by atoms with van der Waals surface area (Å²) in [5.74, 6) is -0.140. The van der Waals surface area contributed by atoms with E-state index in [9.17, 15) is 4.79 Å². The summed E-state index contributed by atoms with van der Waals surface area (Å²) in [6.45, 7) is 1.83. The van der Waals surface area contributed by atoms with E-state index in [-0.39, 0.29) is 5.91 Å². The molecule has 6 heteroatoms. The number of anilines is 1. The first-order valence-corrected chi connectivity index (χ1v) is 8.21. The van der Waals surface area contributed by atoms with Gasteiger partial charge in [0.25, 0.3) is 5.91 Å². The van der Waals surface area contributed by atoms with E-state index in [0.29, 0.717) is 22.0 Å². The highest BCUT2D eigenvalue weighted by Crippen LogP contribution is 2.28. The summed E-state index contributed by atoms with van der Waals surface area (Å²) in [5.41, 5.74) is 1.97. The monoisotopic (exact) mass is 380 g/mol. The number of thiophene rings is 1. The van der Waals surface area contributed by atoms with Crippen molar-refractivity contribution in [1.82, 2.24) is 0 Å². The summed E-state index contributed by atoms with van der Waals surface area (Å²) in [4.78, 5) is 13.5. The molecule has 1 aromatic heterocycles. The average molecular weight is 382 g/mol. The van der Waals surface area contributed by atoms with Crippen LogP contribution in [-0.2, 0) is 4.79 Å². The molecule has 1 aliphatic heterocycles. The third-order valence-corrected chi connectivity index (χ3v) is 4.87. The molecule has 0 fully saturated rings. The second kappa shape index (κ2) is 5.75. The molecule has 0 spiro atoms. The first-order chi connectivity index (χ1) is 10.0. The standard InChI is InChI=1S/C15H10BrClN2OS/c1-9-14(7-13-5-10(16)8-21-13)15(20)19(18-9)12-4-2-3-11(17)6-12/h2-8H,1H3/b14-7+. The molecule has 0 saturated carbocycles. The van der Waals surface area contributed by atoms with E-state index in [1.807, 2.05) is 30.5 Å². The van der Waals surface area contributed by atoms with E-state index in [2.05, 4.69) is 21.0 Å². The number of carbonyl (C=O) groups is 1. The van der Waals surface area contributed by atoms with Crippen LogP contribution in [0.2, 0.25) is 5.02 Å². The van der Waals surface area contributed by atoms with Crippen LogP contribution in [-0.4, -0.2) is 11.6 Å². The van der Waals surface area contributed by atoms with Crippen molar-refractivity contribution in [1.29, 1.82) is 0 Å². The first kappa shape index (κ1) is 14.5. The maximum Gasteiger partial charge on any atom is 0.280 e. The summed E-state index contributed by atoms with van der Waals surface area (Å²) in [6.07, 6.45) is 1.86. The Balaban J connectivity index is 1.96. The quantitative estimate of drug-likeness (QED) is 0.676. The van der Waals surface area contributed by atoms with Gasteiger partial charge >= 0.3 is 0 Å². The summed E-state index contributed by atoms with van der Waals surface area (Å²) in [5, 5.41) is 8.27. The Hall–Kier alpha value is -1.43. The number of rotatable bonds is 2. The zero-order chi connectivity index (χ0) is 15.0. The summed E-state index contributed by atoms with van der Waals surface area (Å²) < 4.78 is 1.01. The smallest absolute Gasteiger partial charge is 0.267 e. The lowest BCUT2D eigenvalue weighted by Crippen LogP contribution is -2.21. The van der Waals surface area contributed by atoms with Gasteiger partial charge < -0.3 is 0 Å². The van der Waals surface area contributed by atoms with Crippen LogP contribution >= 0.6 is 38.9 Å². The fourth-order valence-electron chi connectivity index (χ4n) is 2.01. The Morgan fingerprint density at radius 3 is 2.86 bits per heavy atom. The van der Waals surface area contributed by atoms with Gasteiger partial charge in [0.1, 0.15) is 0 Å². The summed E-state index contributed by atoms with van der Waals surface area (Å²) in [6, 6.07) is 9.07. The lowest BCUT2D eigenvalue weighted by atomic mass is 10.1. The highest BCUT2D eigenvalue weighted by molar-refractivity contribution is 9.10. The predicted octanol–water partition coefficient (Wildman–Crippen LogP) is 4.97. The van der Waals surface area contributed by atoms with Crippen LogP contribution in [0.15, 0.2) is 50.9 Å². The highest BCUT2D eigenvalue weighted by atomic mass is 79.9. The van der Waals surface area contributed by atoms with E-state index in [1.54, 1.807) is 29.5 Å². The number of nitrogens with zero attached hydrogens (tertiary/aromatic N) is 2. The van der Waals surface area contributed by atoms with E-state index < -0.39 is 0 Å². The summed E-state index contributed by atoms with van der Waals surface area (Å²) in [7, 11) is 0. The van der Waals surface area contributed by atoms with Gasteiger partial charge in [0.15, 0.2) is 0 Å². The second-order valence-corrected chi connectivity index (χ2v) is 6.80. The van der Waals surface area contributed by atoms with Crippen LogP contribution in [0, 0.1) is 0 Å². The number of hydrogen-bond acceptors (Lipinski definition) is 3. The second-order valence-electron chi connectivity index (χ2n) is 4.51. The van der Waals surface area contributed by atoms with Crippen LogP contribution in [0.25, 0.3) is 6.08 Å². The minimum Gasteiger partial charge on any atom is -0.267 e. The molecule has 3 nitrogen and oxygen atoms in total. The fraction of sp³-hybridized carbons (Fsp3) is 0.0667. The molecule has 0 saturated heterocycles. The molecule has 1 aliphatic rings. The number of halogens is 2. The molecule has 21 heavy (non-hydrogen) atoms. The third-order valence-electron chi connectivity index (χ3n) is 2.99. The van der Waals surface area contributed by atoms with Crippen molar-refractivity contribution in [2.24, 2.45) is 5.10 Å². The molecular weight excluding hydrogens is 372 g/mol. The van der Waals surface area contributed by atoms with Crippen molar-refractivity contribution in [3.63, 3.8) is 0 Å². The van der Waals surface area contributed by atoms with Gasteiger partial charge in [0, 0.05) is 19.8 Å². The molecule has 1 aromatic carbocycles. The van der Waals surface area contributed by atoms with Crippen molar-refractivity contribution in [3.8, 4) is 0 Å². The predicted molar refractivity (Wildman–Crippen MR) is 92.0 cm³/mol. The van der Waals surface area contributed by atoms with Gasteiger partial charge in [0.05, 0.1) is 17.0 Å². The van der Waals surface area contributed by atoms with Crippen molar-refractivity contribution in [3.05, 3.63) is 55.7 Å². The first-order valence-electron chi connectivity index (χ1n) is 6.16. The van der Waals surface area contributed by atoms with Crippen LogP contribution in [0.1, 0.15) is 11.8 Å². The van der Waals surface area contributed by atoms with Gasteiger partial charge in [-0.25, -0.2) is 0 Å². The molecule has 3 rings (SSSR count). The zero-order valence-electron chi connectivity index (χ0n) is 11.0. The fourth-order valence-corrected chi connectivity index (χ4v) is 3.57. The number of benzene rings is 1. The Labute approximate surface area is 139 Å². The molecule has 1 amide bonds. The normalized spacial score (nSPS) is 16.7. The molecule has 2 aromatic rings. The Kier molecular flexibility index (Phi) is 3.97. The number of hydrogen-bond donors (Lipinski definition) is 0. The van der Waals surface area contributed by atoms with Gasteiger partial charge in [-0.15, -0.1) is 11.3 Å². The molecule has 0 N–H and O–H groups in total. The maximum atomic E-state index is 12.5. The van der Waals surface area contributed by atoms with E-state index >= 15 is 0 Å². The van der Waals surface area contributed by atoms with Crippen molar-refractivity contribution >= 4 is 62.2 Å². The van der Waals surface area contributed by atoms with Crippen molar-refractivity contribution in [2.45, 2.75) is 6.92 Å². The number of amides is 1. The van der Waals surface area contributed by atoms with Crippen molar-refractivity contribution < 1.29 is 4.79 Å². The molecule has 106 valence electrons. The van der Waals surface area contributed by atoms with Gasteiger partial charge in [0.2, 0.25) is 0 Å². The lowest BCUT2D eigenvalue weighted by molar-refractivity contribution is -0.114. The molecule has 0 unspecified atom stereocenters. The van der Waals surface area contributed by atoms with Crippen LogP contribution in [0.5, 0.6) is 0 Å². The SMILES string of the molecule is CC1=NN(c2cccc(Cl)c2)C(=O)/C1=C/c1cc(Br)cs1. The van der Waals surface area contributed by atoms with Crippen LogP contribution in [0.3, 0.4) is 0 Å². The number of hydrazone groups is 1. The van der Waals surface area contributed by atoms with Gasteiger partial charge in [-0.3, -0.25) is 4.79 Å². The van der Waals surface area contributed by atoms with Crippen LogP contribution < -0.4 is 5.01 Å². The van der Waals surface area contributed by atoms with Gasteiger partial charge in [-0.2, -0.15) is 10.1 Å². The van der Waals surface area contributed by atoms with Crippen molar-refractivity contribution in [2.75, 3.05) is 5.01 Å². The number of carbonyl (C=O) groups excluding carboxylic acids is 1. The molecule has 0 atom stereocenters. The largest absolute Gasteiger partial charge is 0.280 e. The molecule has 0 radical (unpaired) electrons. The zero-order valence-corrected chi connectivity index (χ0v) is 14.2. The topological polar surface area (TPSA) is 32.7 Å². The third kappa shape index (κ3) is 2.95. The summed E-state index contributed by atoms with van der Waals surface area (Å²) >= 11 is 11.0. The van der Waals surface area contributed by atoms with E-state index in [0.717, 1.165) is 9.35 Å². The Morgan fingerprint density at radius 1 is 1.38 bits per heavy atom.